The van der Waals surface area contributed by atoms with Gasteiger partial charge in [0, 0.05) is 19.1 Å². The lowest BCUT2D eigenvalue weighted by atomic mass is 9.92. The van der Waals surface area contributed by atoms with Gasteiger partial charge in [0.1, 0.15) is 0 Å². The number of rotatable bonds is 5. The van der Waals surface area contributed by atoms with Crippen LogP contribution in [0.1, 0.15) is 32.6 Å². The Morgan fingerprint density at radius 3 is 2.78 bits per heavy atom. The van der Waals surface area contributed by atoms with E-state index in [2.05, 4.69) is 29.1 Å². The third-order valence-electron chi connectivity index (χ3n) is 4.53. The monoisotopic (exact) mass is 255 g/mol. The fraction of sp³-hybridized carbons (Fsp3) is 1.00. The number of nitrogens with one attached hydrogen (secondary N) is 1. The summed E-state index contributed by atoms with van der Waals surface area (Å²) in [4.78, 5) is 4.91. The maximum absolute atomic E-state index is 10.5. The van der Waals surface area contributed by atoms with E-state index in [9.17, 15) is 5.11 Å². The lowest BCUT2D eigenvalue weighted by Gasteiger charge is -2.37. The molecule has 2 N–H and O–H groups in total. The molecule has 0 aromatic carbocycles. The summed E-state index contributed by atoms with van der Waals surface area (Å²) in [7, 11) is 2.16. The summed E-state index contributed by atoms with van der Waals surface area (Å²) in [5, 5.41) is 13.9. The van der Waals surface area contributed by atoms with Crippen molar-refractivity contribution in [1.82, 2.24) is 15.1 Å². The number of hydrogen-bond acceptors (Lipinski definition) is 4. The Hall–Kier alpha value is -0.160. The molecule has 2 saturated heterocycles. The number of piperidine rings is 1. The maximum atomic E-state index is 10.5. The molecule has 1 unspecified atom stereocenters. The average molecular weight is 255 g/mol. The Morgan fingerprint density at radius 1 is 1.39 bits per heavy atom. The van der Waals surface area contributed by atoms with Crippen LogP contribution in [0.25, 0.3) is 0 Å². The SMILES string of the molecule is CCN1CCCC1CN(C)CC1(O)CCNCC1. The lowest BCUT2D eigenvalue weighted by molar-refractivity contribution is -0.0187. The molecule has 2 aliphatic heterocycles. The molecule has 2 heterocycles. The number of likely N-dealkylation sites (N-methyl/N-ethyl adjacent to an activating group) is 2. The summed E-state index contributed by atoms with van der Waals surface area (Å²) in [6, 6.07) is 0.699. The smallest absolute Gasteiger partial charge is 0.0798 e. The number of nitrogens with zero attached hydrogens (tertiary/aromatic N) is 2. The topological polar surface area (TPSA) is 38.7 Å². The van der Waals surface area contributed by atoms with Crippen molar-refractivity contribution in [3.8, 4) is 0 Å². The predicted octanol–water partition coefficient (Wildman–Crippen LogP) is 0.517. The van der Waals surface area contributed by atoms with Gasteiger partial charge in [0.25, 0.3) is 0 Å². The molecule has 2 rings (SSSR count). The summed E-state index contributed by atoms with van der Waals surface area (Å²) >= 11 is 0. The van der Waals surface area contributed by atoms with Gasteiger partial charge in [-0.05, 0) is 58.9 Å². The van der Waals surface area contributed by atoms with E-state index in [-0.39, 0.29) is 0 Å². The van der Waals surface area contributed by atoms with Crippen LogP contribution in [0.5, 0.6) is 0 Å². The first-order valence-corrected chi connectivity index (χ1v) is 7.49. The molecule has 0 bridgehead atoms. The number of aliphatic hydroxyl groups is 1. The first-order chi connectivity index (χ1) is 8.63. The van der Waals surface area contributed by atoms with Crippen LogP contribution in [-0.2, 0) is 0 Å². The highest BCUT2D eigenvalue weighted by molar-refractivity contribution is 4.88. The molecule has 0 amide bonds. The Balaban J connectivity index is 1.78. The van der Waals surface area contributed by atoms with Gasteiger partial charge >= 0.3 is 0 Å². The first kappa shape index (κ1) is 14.3. The molecule has 0 saturated carbocycles. The number of likely N-dealkylation sites (tertiary alicyclic amines) is 1. The largest absolute Gasteiger partial charge is 0.388 e. The predicted molar refractivity (Wildman–Crippen MR) is 74.8 cm³/mol. The van der Waals surface area contributed by atoms with E-state index in [1.165, 1.54) is 19.4 Å². The van der Waals surface area contributed by atoms with Crippen LogP contribution in [0.2, 0.25) is 0 Å². The fourth-order valence-electron chi connectivity index (χ4n) is 3.50. The van der Waals surface area contributed by atoms with Crippen molar-refractivity contribution < 1.29 is 5.11 Å². The highest BCUT2D eigenvalue weighted by atomic mass is 16.3. The second-order valence-corrected chi connectivity index (χ2v) is 6.10. The van der Waals surface area contributed by atoms with Crippen LogP contribution >= 0.6 is 0 Å². The molecule has 0 radical (unpaired) electrons. The van der Waals surface area contributed by atoms with Crippen molar-refractivity contribution in [3.05, 3.63) is 0 Å². The minimum Gasteiger partial charge on any atom is -0.388 e. The summed E-state index contributed by atoms with van der Waals surface area (Å²) in [6.07, 6.45) is 4.43. The quantitative estimate of drug-likeness (QED) is 0.751. The van der Waals surface area contributed by atoms with E-state index in [1.54, 1.807) is 0 Å². The second kappa shape index (κ2) is 6.33. The molecular weight excluding hydrogens is 226 g/mol. The zero-order chi connectivity index (χ0) is 13.0. The first-order valence-electron chi connectivity index (χ1n) is 7.49. The zero-order valence-electron chi connectivity index (χ0n) is 12.0. The Morgan fingerprint density at radius 2 is 2.11 bits per heavy atom. The minimum absolute atomic E-state index is 0.463. The van der Waals surface area contributed by atoms with E-state index in [0.717, 1.165) is 45.6 Å². The van der Waals surface area contributed by atoms with Crippen LogP contribution in [0.3, 0.4) is 0 Å². The molecule has 0 aliphatic carbocycles. The second-order valence-electron chi connectivity index (χ2n) is 6.10. The highest BCUT2D eigenvalue weighted by Gasteiger charge is 2.32. The minimum atomic E-state index is -0.463. The van der Waals surface area contributed by atoms with Gasteiger partial charge in [-0.3, -0.25) is 4.90 Å². The van der Waals surface area contributed by atoms with Gasteiger partial charge in [-0.2, -0.15) is 0 Å². The van der Waals surface area contributed by atoms with E-state index >= 15 is 0 Å². The van der Waals surface area contributed by atoms with Crippen molar-refractivity contribution >= 4 is 0 Å². The van der Waals surface area contributed by atoms with Gasteiger partial charge in [0.05, 0.1) is 5.60 Å². The summed E-state index contributed by atoms with van der Waals surface area (Å²) in [5.74, 6) is 0. The molecule has 18 heavy (non-hydrogen) atoms. The van der Waals surface area contributed by atoms with Crippen LogP contribution in [0, 0.1) is 0 Å². The third kappa shape index (κ3) is 3.67. The molecular formula is C14H29N3O. The summed E-state index contributed by atoms with van der Waals surface area (Å²) in [5.41, 5.74) is -0.463. The maximum Gasteiger partial charge on any atom is 0.0798 e. The van der Waals surface area contributed by atoms with Gasteiger partial charge < -0.3 is 15.3 Å². The molecule has 0 aromatic rings. The zero-order valence-corrected chi connectivity index (χ0v) is 12.0. The highest BCUT2D eigenvalue weighted by Crippen LogP contribution is 2.21. The standard InChI is InChI=1S/C14H29N3O/c1-3-17-10-4-5-13(17)11-16(2)12-14(18)6-8-15-9-7-14/h13,15,18H,3-12H2,1-2H3. The van der Waals surface area contributed by atoms with Crippen LogP contribution < -0.4 is 5.32 Å². The van der Waals surface area contributed by atoms with Crippen LogP contribution in [-0.4, -0.2) is 72.9 Å². The summed E-state index contributed by atoms with van der Waals surface area (Å²) < 4.78 is 0. The molecule has 106 valence electrons. The van der Waals surface area contributed by atoms with Crippen molar-refractivity contribution in [1.29, 1.82) is 0 Å². The van der Waals surface area contributed by atoms with E-state index in [1.807, 2.05) is 0 Å². The number of hydrogen-bond donors (Lipinski definition) is 2. The van der Waals surface area contributed by atoms with E-state index in [0.29, 0.717) is 6.04 Å². The Bertz CT molecular complexity index is 253. The fourth-order valence-corrected chi connectivity index (χ4v) is 3.50. The molecule has 4 heteroatoms. The van der Waals surface area contributed by atoms with Crippen molar-refractivity contribution in [3.63, 3.8) is 0 Å². The van der Waals surface area contributed by atoms with Crippen molar-refractivity contribution in [2.75, 3.05) is 46.3 Å². The van der Waals surface area contributed by atoms with Gasteiger partial charge in [-0.15, -0.1) is 0 Å². The van der Waals surface area contributed by atoms with Crippen molar-refractivity contribution in [2.24, 2.45) is 0 Å². The molecule has 4 nitrogen and oxygen atoms in total. The molecule has 2 aliphatic rings. The van der Waals surface area contributed by atoms with E-state index < -0.39 is 5.60 Å². The molecule has 0 aromatic heterocycles. The van der Waals surface area contributed by atoms with Gasteiger partial charge in [0.15, 0.2) is 0 Å². The van der Waals surface area contributed by atoms with Gasteiger partial charge in [-0.25, -0.2) is 0 Å². The van der Waals surface area contributed by atoms with Crippen molar-refractivity contribution in [2.45, 2.75) is 44.2 Å². The van der Waals surface area contributed by atoms with Gasteiger partial charge in [0.2, 0.25) is 0 Å². The summed E-state index contributed by atoms with van der Waals surface area (Å²) in [6.45, 7) is 8.49. The van der Waals surface area contributed by atoms with E-state index in [4.69, 9.17) is 0 Å². The van der Waals surface area contributed by atoms with Crippen LogP contribution in [0.15, 0.2) is 0 Å². The Labute approximate surface area is 111 Å². The third-order valence-corrected chi connectivity index (χ3v) is 4.53. The average Bonchev–Trinajstić information content (AvgIpc) is 2.76. The molecule has 1 atom stereocenters. The van der Waals surface area contributed by atoms with Crippen LogP contribution in [0.4, 0.5) is 0 Å². The molecule has 0 spiro atoms. The normalized spacial score (nSPS) is 29.0. The lowest BCUT2D eigenvalue weighted by Crippen LogP contribution is -2.50. The van der Waals surface area contributed by atoms with Gasteiger partial charge in [-0.1, -0.05) is 6.92 Å². The Kier molecular flexibility index (Phi) is 5.01. The molecule has 2 fully saturated rings.